The van der Waals surface area contributed by atoms with Gasteiger partial charge < -0.3 is 14.2 Å². The van der Waals surface area contributed by atoms with Crippen molar-refractivity contribution in [3.8, 4) is 0 Å². The van der Waals surface area contributed by atoms with E-state index in [-0.39, 0.29) is 13.1 Å². The Morgan fingerprint density at radius 2 is 1.15 bits per heavy atom. The van der Waals surface area contributed by atoms with Crippen LogP contribution in [0, 0.1) is 0 Å². The summed E-state index contributed by atoms with van der Waals surface area (Å²) in [7, 11) is 0. The van der Waals surface area contributed by atoms with E-state index in [0.29, 0.717) is 19.3 Å². The van der Waals surface area contributed by atoms with Crippen LogP contribution in [0.3, 0.4) is 0 Å². The zero-order chi connectivity index (χ0) is 18.4. The predicted octanol–water partition coefficient (Wildman–Crippen LogP) is 4.76. The second-order valence-corrected chi connectivity index (χ2v) is 6.90. The lowest BCUT2D eigenvalue weighted by molar-refractivity contribution is -0.395. The molecular formula is C24H24O3. The molecular weight excluding hydrogens is 336 g/mol. The molecule has 0 amide bonds. The van der Waals surface area contributed by atoms with Crippen molar-refractivity contribution in [3.63, 3.8) is 0 Å². The molecule has 1 aliphatic rings. The summed E-state index contributed by atoms with van der Waals surface area (Å²) in [5.41, 5.74) is 3.57. The molecule has 0 radical (unpaired) electrons. The summed E-state index contributed by atoms with van der Waals surface area (Å²) in [6, 6.07) is 31.0. The van der Waals surface area contributed by atoms with Crippen LogP contribution in [0.1, 0.15) is 16.7 Å². The molecule has 3 heteroatoms. The zero-order valence-electron chi connectivity index (χ0n) is 15.3. The van der Waals surface area contributed by atoms with E-state index in [4.69, 9.17) is 14.2 Å². The third kappa shape index (κ3) is 4.83. The fraction of sp³-hybridized carbons (Fsp3) is 0.250. The number of rotatable bonds is 6. The SMILES string of the molecule is c1ccc(CC2OCOC(Cc3ccccc3)(Cc3ccccc3)O2)cc1. The largest absolute Gasteiger partial charge is 0.326 e. The summed E-state index contributed by atoms with van der Waals surface area (Å²) in [4.78, 5) is 0. The molecule has 1 saturated heterocycles. The first-order valence-electron chi connectivity index (χ1n) is 9.37. The first kappa shape index (κ1) is 17.9. The monoisotopic (exact) mass is 360 g/mol. The molecule has 4 rings (SSSR count). The minimum absolute atomic E-state index is 0.233. The average Bonchev–Trinajstić information content (AvgIpc) is 2.70. The van der Waals surface area contributed by atoms with E-state index in [0.717, 1.165) is 0 Å². The Balaban J connectivity index is 1.56. The predicted molar refractivity (Wildman–Crippen MR) is 105 cm³/mol. The van der Waals surface area contributed by atoms with Gasteiger partial charge in [0.2, 0.25) is 0 Å². The topological polar surface area (TPSA) is 27.7 Å². The summed E-state index contributed by atoms with van der Waals surface area (Å²) in [6.07, 6.45) is 1.73. The highest BCUT2D eigenvalue weighted by Gasteiger charge is 2.39. The Morgan fingerprint density at radius 1 is 0.667 bits per heavy atom. The van der Waals surface area contributed by atoms with Crippen molar-refractivity contribution >= 4 is 0 Å². The number of hydrogen-bond donors (Lipinski definition) is 0. The van der Waals surface area contributed by atoms with E-state index in [1.807, 2.05) is 54.6 Å². The molecule has 3 nitrogen and oxygen atoms in total. The van der Waals surface area contributed by atoms with Gasteiger partial charge in [0.15, 0.2) is 18.9 Å². The van der Waals surface area contributed by atoms with Gasteiger partial charge in [-0.25, -0.2) is 0 Å². The molecule has 1 aliphatic heterocycles. The molecule has 0 spiro atoms. The lowest BCUT2D eigenvalue weighted by Gasteiger charge is -2.41. The molecule has 3 aromatic rings. The van der Waals surface area contributed by atoms with E-state index >= 15 is 0 Å². The lowest BCUT2D eigenvalue weighted by atomic mass is 9.97. The molecule has 27 heavy (non-hydrogen) atoms. The highest BCUT2D eigenvalue weighted by Crippen LogP contribution is 2.31. The van der Waals surface area contributed by atoms with Gasteiger partial charge in [-0.05, 0) is 16.7 Å². The van der Waals surface area contributed by atoms with Crippen LogP contribution in [0.15, 0.2) is 91.0 Å². The van der Waals surface area contributed by atoms with E-state index in [1.54, 1.807) is 0 Å². The van der Waals surface area contributed by atoms with Crippen LogP contribution >= 0.6 is 0 Å². The fourth-order valence-electron chi connectivity index (χ4n) is 3.49. The smallest absolute Gasteiger partial charge is 0.182 e. The molecule has 138 valence electrons. The molecule has 0 bridgehead atoms. The van der Waals surface area contributed by atoms with Gasteiger partial charge in [0, 0.05) is 19.3 Å². The van der Waals surface area contributed by atoms with Crippen LogP contribution in [0.2, 0.25) is 0 Å². The minimum Gasteiger partial charge on any atom is -0.326 e. The van der Waals surface area contributed by atoms with Crippen LogP contribution in [-0.4, -0.2) is 18.9 Å². The standard InChI is InChI=1S/C24H24O3/c1-4-10-20(11-5-1)16-23-25-19-26-24(27-23,17-21-12-6-2-7-13-21)18-22-14-8-3-9-15-22/h1-15,23H,16-19H2. The first-order chi connectivity index (χ1) is 13.3. The molecule has 1 fully saturated rings. The van der Waals surface area contributed by atoms with Gasteiger partial charge in [-0.3, -0.25) is 0 Å². The van der Waals surface area contributed by atoms with Crippen molar-refractivity contribution in [3.05, 3.63) is 108 Å². The van der Waals surface area contributed by atoms with Gasteiger partial charge in [-0.2, -0.15) is 0 Å². The van der Waals surface area contributed by atoms with Crippen molar-refractivity contribution in [2.45, 2.75) is 31.3 Å². The van der Waals surface area contributed by atoms with Gasteiger partial charge in [-0.15, -0.1) is 0 Å². The van der Waals surface area contributed by atoms with Gasteiger partial charge in [-0.1, -0.05) is 91.0 Å². The Morgan fingerprint density at radius 3 is 1.67 bits per heavy atom. The van der Waals surface area contributed by atoms with Crippen molar-refractivity contribution in [1.82, 2.24) is 0 Å². The molecule has 3 aromatic carbocycles. The Labute approximate surface area is 160 Å². The molecule has 1 heterocycles. The van der Waals surface area contributed by atoms with Gasteiger partial charge >= 0.3 is 0 Å². The lowest BCUT2D eigenvalue weighted by Crippen LogP contribution is -2.49. The molecule has 1 unspecified atom stereocenters. The second kappa shape index (κ2) is 8.49. The van der Waals surface area contributed by atoms with E-state index in [9.17, 15) is 0 Å². The van der Waals surface area contributed by atoms with E-state index < -0.39 is 5.79 Å². The molecule has 1 atom stereocenters. The number of hydrogen-bond acceptors (Lipinski definition) is 3. The normalized spacial score (nSPS) is 18.9. The fourth-order valence-corrected chi connectivity index (χ4v) is 3.49. The maximum Gasteiger partial charge on any atom is 0.182 e. The molecule has 0 aromatic heterocycles. The van der Waals surface area contributed by atoms with Crippen LogP contribution in [0.4, 0.5) is 0 Å². The van der Waals surface area contributed by atoms with Crippen LogP contribution < -0.4 is 0 Å². The van der Waals surface area contributed by atoms with Crippen molar-refractivity contribution in [2.75, 3.05) is 6.79 Å². The molecule has 0 N–H and O–H groups in total. The number of ether oxygens (including phenoxy) is 3. The van der Waals surface area contributed by atoms with Crippen molar-refractivity contribution in [2.24, 2.45) is 0 Å². The summed E-state index contributed by atoms with van der Waals surface area (Å²) < 4.78 is 18.3. The minimum atomic E-state index is -0.736. The van der Waals surface area contributed by atoms with Crippen LogP contribution in [0.25, 0.3) is 0 Å². The van der Waals surface area contributed by atoms with Crippen LogP contribution in [-0.2, 0) is 33.5 Å². The first-order valence-corrected chi connectivity index (χ1v) is 9.37. The number of benzene rings is 3. The maximum absolute atomic E-state index is 6.44. The Hall–Kier alpha value is -2.46. The van der Waals surface area contributed by atoms with Crippen molar-refractivity contribution in [1.29, 1.82) is 0 Å². The zero-order valence-corrected chi connectivity index (χ0v) is 15.3. The maximum atomic E-state index is 6.44. The Bertz CT molecular complexity index is 777. The highest BCUT2D eigenvalue weighted by atomic mass is 16.9. The van der Waals surface area contributed by atoms with Gasteiger partial charge in [0.25, 0.3) is 0 Å². The molecule has 0 aliphatic carbocycles. The Kier molecular flexibility index (Phi) is 5.64. The summed E-state index contributed by atoms with van der Waals surface area (Å²) >= 11 is 0. The van der Waals surface area contributed by atoms with Gasteiger partial charge in [0.1, 0.15) is 0 Å². The van der Waals surface area contributed by atoms with Crippen molar-refractivity contribution < 1.29 is 14.2 Å². The van der Waals surface area contributed by atoms with Gasteiger partial charge in [0.05, 0.1) is 0 Å². The summed E-state index contributed by atoms with van der Waals surface area (Å²) in [6.45, 7) is 0.233. The van der Waals surface area contributed by atoms with Crippen LogP contribution in [0.5, 0.6) is 0 Å². The highest BCUT2D eigenvalue weighted by molar-refractivity contribution is 5.21. The third-order valence-electron chi connectivity index (χ3n) is 4.80. The average molecular weight is 360 g/mol. The summed E-state index contributed by atoms with van der Waals surface area (Å²) in [5.74, 6) is -0.736. The van der Waals surface area contributed by atoms with E-state index in [2.05, 4.69) is 36.4 Å². The quantitative estimate of drug-likeness (QED) is 0.634. The second-order valence-electron chi connectivity index (χ2n) is 6.90. The third-order valence-corrected chi connectivity index (χ3v) is 4.80. The molecule has 0 saturated carbocycles. The summed E-state index contributed by atoms with van der Waals surface area (Å²) in [5, 5.41) is 0. The van der Waals surface area contributed by atoms with E-state index in [1.165, 1.54) is 16.7 Å².